The first-order valence-corrected chi connectivity index (χ1v) is 5.51. The van der Waals surface area contributed by atoms with Gasteiger partial charge in [0.1, 0.15) is 6.07 Å². The zero-order valence-electron chi connectivity index (χ0n) is 9.35. The normalized spacial score (nSPS) is 24.4. The van der Waals surface area contributed by atoms with Crippen LogP contribution in [0.25, 0.3) is 0 Å². The van der Waals surface area contributed by atoms with Gasteiger partial charge in [0.25, 0.3) is 0 Å². The topological polar surface area (TPSA) is 60.1 Å². The fourth-order valence-corrected chi connectivity index (χ4v) is 2.09. The minimum absolute atomic E-state index is 0.433. The molecule has 1 N–H and O–H groups in total. The Morgan fingerprint density at radius 1 is 1.69 bits per heavy atom. The second kappa shape index (κ2) is 4.11. The lowest BCUT2D eigenvalue weighted by atomic mass is 10.0. The van der Waals surface area contributed by atoms with Gasteiger partial charge in [-0.3, -0.25) is 0 Å². The third-order valence-corrected chi connectivity index (χ3v) is 3.22. The number of anilines is 1. The van der Waals surface area contributed by atoms with E-state index in [4.69, 9.17) is 5.26 Å². The molecule has 1 aromatic heterocycles. The molecular formula is C12H15N3O. The highest BCUT2D eigenvalue weighted by Gasteiger charge is 2.35. The molecule has 2 rings (SSSR count). The van der Waals surface area contributed by atoms with Crippen molar-refractivity contribution in [2.75, 3.05) is 18.0 Å². The van der Waals surface area contributed by atoms with Gasteiger partial charge in [-0.05, 0) is 25.0 Å². The van der Waals surface area contributed by atoms with Crippen LogP contribution in [0.3, 0.4) is 0 Å². The summed E-state index contributed by atoms with van der Waals surface area (Å²) in [4.78, 5) is 6.07. The molecule has 0 aromatic carbocycles. The van der Waals surface area contributed by atoms with Gasteiger partial charge >= 0.3 is 0 Å². The SMILES string of the molecule is CCC1(O)CCN(c2cccnc2C#N)C1. The number of rotatable bonds is 2. The van der Waals surface area contributed by atoms with Crippen LogP contribution in [0.5, 0.6) is 0 Å². The number of pyridine rings is 1. The largest absolute Gasteiger partial charge is 0.388 e. The van der Waals surface area contributed by atoms with Crippen LogP contribution < -0.4 is 4.90 Å². The first-order chi connectivity index (χ1) is 7.68. The van der Waals surface area contributed by atoms with Crippen molar-refractivity contribution in [2.45, 2.75) is 25.4 Å². The van der Waals surface area contributed by atoms with E-state index < -0.39 is 5.60 Å². The van der Waals surface area contributed by atoms with Crippen LogP contribution in [-0.2, 0) is 0 Å². The Labute approximate surface area is 95.1 Å². The van der Waals surface area contributed by atoms with E-state index in [2.05, 4.69) is 11.1 Å². The van der Waals surface area contributed by atoms with Crippen LogP contribution in [0.15, 0.2) is 18.3 Å². The fourth-order valence-electron chi connectivity index (χ4n) is 2.09. The van der Waals surface area contributed by atoms with Crippen molar-refractivity contribution in [3.8, 4) is 6.07 Å². The molecule has 2 heterocycles. The summed E-state index contributed by atoms with van der Waals surface area (Å²) in [6.07, 6.45) is 3.11. The minimum Gasteiger partial charge on any atom is -0.388 e. The summed E-state index contributed by atoms with van der Waals surface area (Å²) < 4.78 is 0. The van der Waals surface area contributed by atoms with E-state index >= 15 is 0 Å². The summed E-state index contributed by atoms with van der Waals surface area (Å²) >= 11 is 0. The number of aliphatic hydroxyl groups is 1. The molecule has 0 aliphatic carbocycles. The molecule has 1 aliphatic heterocycles. The van der Waals surface area contributed by atoms with Crippen LogP contribution in [0.1, 0.15) is 25.5 Å². The van der Waals surface area contributed by atoms with E-state index in [1.54, 1.807) is 6.20 Å². The average Bonchev–Trinajstić information content (AvgIpc) is 2.73. The van der Waals surface area contributed by atoms with Crippen molar-refractivity contribution in [2.24, 2.45) is 0 Å². The molecule has 1 saturated heterocycles. The number of nitriles is 1. The predicted molar refractivity (Wildman–Crippen MR) is 61.0 cm³/mol. The highest BCUT2D eigenvalue weighted by Crippen LogP contribution is 2.29. The van der Waals surface area contributed by atoms with Crippen LogP contribution in [0.2, 0.25) is 0 Å². The highest BCUT2D eigenvalue weighted by atomic mass is 16.3. The van der Waals surface area contributed by atoms with E-state index in [0.29, 0.717) is 12.2 Å². The fraction of sp³-hybridized carbons (Fsp3) is 0.500. The predicted octanol–water partition coefficient (Wildman–Crippen LogP) is 1.30. The van der Waals surface area contributed by atoms with Crippen LogP contribution in [-0.4, -0.2) is 28.8 Å². The zero-order chi connectivity index (χ0) is 11.6. The Hall–Kier alpha value is -1.60. The second-order valence-electron chi connectivity index (χ2n) is 4.23. The Morgan fingerprint density at radius 2 is 2.50 bits per heavy atom. The molecule has 0 bridgehead atoms. The molecule has 1 aromatic rings. The maximum atomic E-state index is 10.2. The van der Waals surface area contributed by atoms with Gasteiger partial charge in [-0.1, -0.05) is 6.92 Å². The Bertz CT molecular complexity index is 427. The lowest BCUT2D eigenvalue weighted by Gasteiger charge is -2.23. The molecule has 0 amide bonds. The zero-order valence-corrected chi connectivity index (χ0v) is 9.35. The van der Waals surface area contributed by atoms with Crippen molar-refractivity contribution in [3.05, 3.63) is 24.0 Å². The summed E-state index contributed by atoms with van der Waals surface area (Å²) in [5, 5.41) is 19.1. The first-order valence-electron chi connectivity index (χ1n) is 5.51. The van der Waals surface area contributed by atoms with Crippen molar-refractivity contribution in [3.63, 3.8) is 0 Å². The quantitative estimate of drug-likeness (QED) is 0.811. The molecule has 0 spiro atoms. The third-order valence-electron chi connectivity index (χ3n) is 3.22. The standard InChI is InChI=1S/C12H15N3O/c1-2-12(16)5-7-15(9-12)11-4-3-6-14-10(11)8-13/h3-4,6,16H,2,5,7,9H2,1H3. The van der Waals surface area contributed by atoms with E-state index in [9.17, 15) is 5.11 Å². The Kier molecular flexibility index (Phi) is 2.80. The van der Waals surface area contributed by atoms with Gasteiger partial charge in [0.15, 0.2) is 5.69 Å². The molecule has 1 aliphatic rings. The van der Waals surface area contributed by atoms with Crippen molar-refractivity contribution < 1.29 is 5.11 Å². The summed E-state index contributed by atoms with van der Waals surface area (Å²) in [5.74, 6) is 0. The molecule has 4 nitrogen and oxygen atoms in total. The third kappa shape index (κ3) is 1.86. The van der Waals surface area contributed by atoms with Gasteiger partial charge < -0.3 is 10.0 Å². The Balaban J connectivity index is 2.24. The lowest BCUT2D eigenvalue weighted by Crippen LogP contribution is -2.32. The van der Waals surface area contributed by atoms with Gasteiger partial charge in [0.05, 0.1) is 11.3 Å². The average molecular weight is 217 g/mol. The minimum atomic E-state index is -0.609. The maximum Gasteiger partial charge on any atom is 0.163 e. The number of aromatic nitrogens is 1. The van der Waals surface area contributed by atoms with Crippen molar-refractivity contribution in [1.29, 1.82) is 5.26 Å². The van der Waals surface area contributed by atoms with E-state index in [1.807, 2.05) is 24.0 Å². The number of hydrogen-bond acceptors (Lipinski definition) is 4. The van der Waals surface area contributed by atoms with Gasteiger partial charge in [0.2, 0.25) is 0 Å². The van der Waals surface area contributed by atoms with Crippen LogP contribution in [0.4, 0.5) is 5.69 Å². The van der Waals surface area contributed by atoms with Crippen LogP contribution >= 0.6 is 0 Å². The number of β-amino-alcohol motifs (C(OH)–C–C–N with tert-alkyl or cyclic N) is 1. The maximum absolute atomic E-state index is 10.2. The van der Waals surface area contributed by atoms with E-state index in [0.717, 1.165) is 25.1 Å². The molecule has 4 heteroatoms. The van der Waals surface area contributed by atoms with Gasteiger partial charge in [-0.2, -0.15) is 5.26 Å². The number of hydrogen-bond donors (Lipinski definition) is 1. The van der Waals surface area contributed by atoms with E-state index in [1.165, 1.54) is 0 Å². The summed E-state index contributed by atoms with van der Waals surface area (Å²) in [7, 11) is 0. The highest BCUT2D eigenvalue weighted by molar-refractivity contribution is 5.56. The van der Waals surface area contributed by atoms with Crippen LogP contribution in [0, 0.1) is 11.3 Å². The summed E-state index contributed by atoms with van der Waals surface area (Å²) in [6.45, 7) is 3.35. The molecule has 1 unspecified atom stereocenters. The Morgan fingerprint density at radius 3 is 3.12 bits per heavy atom. The van der Waals surface area contributed by atoms with Gasteiger partial charge in [0, 0.05) is 19.3 Å². The second-order valence-corrected chi connectivity index (χ2v) is 4.23. The molecule has 1 atom stereocenters. The summed E-state index contributed by atoms with van der Waals surface area (Å²) in [6, 6.07) is 5.78. The monoisotopic (exact) mass is 217 g/mol. The lowest BCUT2D eigenvalue weighted by molar-refractivity contribution is 0.0593. The molecule has 0 radical (unpaired) electrons. The molecule has 84 valence electrons. The van der Waals surface area contributed by atoms with E-state index in [-0.39, 0.29) is 0 Å². The smallest absolute Gasteiger partial charge is 0.163 e. The molecular weight excluding hydrogens is 202 g/mol. The van der Waals surface area contributed by atoms with Crippen molar-refractivity contribution in [1.82, 2.24) is 4.98 Å². The molecule has 0 saturated carbocycles. The summed E-state index contributed by atoms with van der Waals surface area (Å²) in [5.41, 5.74) is 0.653. The molecule has 1 fully saturated rings. The van der Waals surface area contributed by atoms with Crippen molar-refractivity contribution >= 4 is 5.69 Å². The van der Waals surface area contributed by atoms with Gasteiger partial charge in [-0.25, -0.2) is 4.98 Å². The number of nitrogens with zero attached hydrogens (tertiary/aromatic N) is 3. The molecule has 16 heavy (non-hydrogen) atoms. The van der Waals surface area contributed by atoms with Gasteiger partial charge in [-0.15, -0.1) is 0 Å². The first kappa shape index (κ1) is 10.9.